The van der Waals surface area contributed by atoms with Crippen molar-refractivity contribution in [3.8, 4) is 39.9 Å². The summed E-state index contributed by atoms with van der Waals surface area (Å²) in [6, 6.07) is 39.2. The number of hydrogen-bond acceptors (Lipinski definition) is 3. The molecule has 0 bridgehead atoms. The molecular formula is C35H20N6. The monoisotopic (exact) mass is 524 g/mol. The molecule has 7 aromatic rings. The van der Waals surface area contributed by atoms with Crippen LogP contribution in [0.1, 0.15) is 0 Å². The summed E-state index contributed by atoms with van der Waals surface area (Å²) >= 11 is 0. The number of benzene rings is 5. The minimum atomic E-state index is 0.350. The first-order valence-electron chi connectivity index (χ1n) is 13.0. The number of para-hydroxylation sites is 2. The summed E-state index contributed by atoms with van der Waals surface area (Å²) in [6.45, 7) is 16.3. The summed E-state index contributed by atoms with van der Waals surface area (Å²) in [5, 5.41) is 2.13. The quantitative estimate of drug-likeness (QED) is 0.216. The molecule has 0 amide bonds. The van der Waals surface area contributed by atoms with Crippen molar-refractivity contribution in [3.05, 3.63) is 144 Å². The summed E-state index contributed by atoms with van der Waals surface area (Å²) in [5.74, 6) is 1.45. The van der Waals surface area contributed by atoms with Gasteiger partial charge >= 0.3 is 0 Å². The Morgan fingerprint density at radius 3 is 1.29 bits per heavy atom. The third kappa shape index (κ3) is 4.08. The molecule has 0 fully saturated rings. The van der Waals surface area contributed by atoms with Gasteiger partial charge in [0.1, 0.15) is 0 Å². The second-order valence-electron chi connectivity index (χ2n) is 9.49. The van der Waals surface area contributed by atoms with E-state index in [2.05, 4.69) is 21.8 Å². The molecule has 41 heavy (non-hydrogen) atoms. The Morgan fingerprint density at radius 2 is 0.854 bits per heavy atom. The summed E-state index contributed by atoms with van der Waals surface area (Å²) in [7, 11) is 0. The Labute approximate surface area is 236 Å². The van der Waals surface area contributed by atoms with Crippen molar-refractivity contribution in [2.24, 2.45) is 0 Å². The molecule has 0 radical (unpaired) electrons. The summed E-state index contributed by atoms with van der Waals surface area (Å²) < 4.78 is 2.02. The van der Waals surface area contributed by atoms with Crippen LogP contribution in [0.4, 0.5) is 11.4 Å². The first kappa shape index (κ1) is 24.0. The topological polar surface area (TPSA) is 52.3 Å². The van der Waals surface area contributed by atoms with E-state index in [-0.39, 0.29) is 0 Å². The fraction of sp³-hybridized carbons (Fsp3) is 0. The highest BCUT2D eigenvalue weighted by Crippen LogP contribution is 2.42. The normalized spacial score (nSPS) is 10.9. The van der Waals surface area contributed by atoms with E-state index in [9.17, 15) is 0 Å². The van der Waals surface area contributed by atoms with E-state index in [0.717, 1.165) is 32.9 Å². The number of rotatable bonds is 4. The second kappa shape index (κ2) is 9.89. The van der Waals surface area contributed by atoms with E-state index in [1.165, 1.54) is 0 Å². The lowest BCUT2D eigenvalue weighted by Gasteiger charge is -2.15. The predicted octanol–water partition coefficient (Wildman–Crippen LogP) is 9.07. The van der Waals surface area contributed by atoms with Crippen molar-refractivity contribution >= 4 is 33.2 Å². The van der Waals surface area contributed by atoms with Crippen molar-refractivity contribution in [1.82, 2.24) is 19.5 Å². The fourth-order valence-corrected chi connectivity index (χ4v) is 5.23. The SMILES string of the molecule is [C-]#[N+]c1cc(-c2nc(-c3ccccc3)nc(-c3ccccc3)n2)cc([N+]#[C-])c1-n1c2ccccc2c2ccccc21. The molecule has 0 aliphatic carbocycles. The standard InChI is InChI=1S/C35H20N6/c1-36-28-21-25(35-39-33(23-13-5-3-6-14-23)38-34(40-35)24-15-7-4-8-16-24)22-29(37-2)32(28)41-30-19-11-9-17-26(30)27-18-10-12-20-31(27)41/h3-22H. The van der Waals surface area contributed by atoms with Crippen LogP contribution in [0.2, 0.25) is 0 Å². The zero-order valence-electron chi connectivity index (χ0n) is 21.7. The van der Waals surface area contributed by atoms with Gasteiger partial charge in [-0.05, 0) is 29.8 Å². The molecule has 0 atom stereocenters. The van der Waals surface area contributed by atoms with Gasteiger partial charge in [0.2, 0.25) is 11.4 Å². The van der Waals surface area contributed by atoms with E-state index in [4.69, 9.17) is 28.1 Å². The number of fused-ring (bicyclic) bond motifs is 3. The predicted molar refractivity (Wildman–Crippen MR) is 163 cm³/mol. The summed E-state index contributed by atoms with van der Waals surface area (Å²) in [4.78, 5) is 22.2. The van der Waals surface area contributed by atoms with Gasteiger partial charge in [-0.1, -0.05) is 97.1 Å². The average molecular weight is 525 g/mol. The van der Waals surface area contributed by atoms with Gasteiger partial charge in [0.25, 0.3) is 0 Å². The van der Waals surface area contributed by atoms with Crippen LogP contribution in [-0.4, -0.2) is 19.5 Å². The molecule has 0 saturated heterocycles. The van der Waals surface area contributed by atoms with E-state index >= 15 is 0 Å². The van der Waals surface area contributed by atoms with Crippen LogP contribution in [0, 0.1) is 13.1 Å². The Bertz CT molecular complexity index is 2020. The smallest absolute Gasteiger partial charge is 0.201 e. The molecular weight excluding hydrogens is 504 g/mol. The zero-order chi connectivity index (χ0) is 27.8. The number of aromatic nitrogens is 4. The lowest BCUT2D eigenvalue weighted by atomic mass is 10.1. The summed E-state index contributed by atoms with van der Waals surface area (Å²) in [6.07, 6.45) is 0. The van der Waals surface area contributed by atoms with E-state index in [0.29, 0.717) is 40.1 Å². The molecule has 6 nitrogen and oxygen atoms in total. The van der Waals surface area contributed by atoms with E-state index < -0.39 is 0 Å². The highest BCUT2D eigenvalue weighted by atomic mass is 15.0. The third-order valence-electron chi connectivity index (χ3n) is 7.07. The van der Waals surface area contributed by atoms with Gasteiger partial charge in [-0.2, -0.15) is 0 Å². The van der Waals surface area contributed by atoms with Gasteiger partial charge in [0, 0.05) is 21.9 Å². The third-order valence-corrected chi connectivity index (χ3v) is 7.07. The van der Waals surface area contributed by atoms with Crippen molar-refractivity contribution in [3.63, 3.8) is 0 Å². The maximum absolute atomic E-state index is 8.14. The first-order chi connectivity index (χ1) is 20.2. The molecule has 0 N–H and O–H groups in total. The van der Waals surface area contributed by atoms with Crippen molar-refractivity contribution in [1.29, 1.82) is 0 Å². The minimum absolute atomic E-state index is 0.350. The Morgan fingerprint density at radius 1 is 0.463 bits per heavy atom. The molecule has 0 aliphatic heterocycles. The molecule has 0 saturated carbocycles. The van der Waals surface area contributed by atoms with Gasteiger partial charge in [-0.25, -0.2) is 24.6 Å². The fourth-order valence-electron chi connectivity index (χ4n) is 5.23. The highest BCUT2D eigenvalue weighted by Gasteiger charge is 2.21. The van der Waals surface area contributed by atoms with Gasteiger partial charge in [0.15, 0.2) is 17.5 Å². The van der Waals surface area contributed by atoms with Gasteiger partial charge in [0.05, 0.1) is 29.9 Å². The van der Waals surface area contributed by atoms with Gasteiger partial charge in [-0.3, -0.25) is 0 Å². The first-order valence-corrected chi connectivity index (χ1v) is 13.0. The molecule has 5 aromatic carbocycles. The van der Waals surface area contributed by atoms with E-state index in [1.54, 1.807) is 12.1 Å². The molecule has 0 aliphatic rings. The summed E-state index contributed by atoms with van der Waals surface area (Å²) in [5.41, 5.74) is 5.42. The second-order valence-corrected chi connectivity index (χ2v) is 9.49. The van der Waals surface area contributed by atoms with Crippen molar-refractivity contribution in [2.45, 2.75) is 0 Å². The molecule has 0 unspecified atom stereocenters. The van der Waals surface area contributed by atoms with Crippen LogP contribution < -0.4 is 0 Å². The van der Waals surface area contributed by atoms with Crippen LogP contribution in [0.15, 0.2) is 121 Å². The van der Waals surface area contributed by atoms with Crippen LogP contribution in [-0.2, 0) is 0 Å². The minimum Gasteiger partial charge on any atom is -0.329 e. The van der Waals surface area contributed by atoms with Crippen LogP contribution in [0.25, 0.3) is 71.3 Å². The highest BCUT2D eigenvalue weighted by molar-refractivity contribution is 6.10. The van der Waals surface area contributed by atoms with Crippen LogP contribution >= 0.6 is 0 Å². The number of hydrogen-bond donors (Lipinski definition) is 0. The largest absolute Gasteiger partial charge is 0.329 e. The Balaban J connectivity index is 1.49. The Hall–Kier alpha value is -6.11. The molecule has 190 valence electrons. The molecule has 2 aromatic heterocycles. The molecule has 7 rings (SSSR count). The van der Waals surface area contributed by atoms with Gasteiger partial charge < -0.3 is 4.57 Å². The molecule has 0 spiro atoms. The average Bonchev–Trinajstić information content (AvgIpc) is 3.38. The Kier molecular flexibility index (Phi) is 5.78. The molecule has 6 heteroatoms. The maximum atomic E-state index is 8.14. The van der Waals surface area contributed by atoms with Crippen molar-refractivity contribution in [2.75, 3.05) is 0 Å². The van der Waals surface area contributed by atoms with Crippen LogP contribution in [0.3, 0.4) is 0 Å². The lowest BCUT2D eigenvalue weighted by Crippen LogP contribution is -2.01. The zero-order valence-corrected chi connectivity index (χ0v) is 21.7. The molecule has 2 heterocycles. The van der Waals surface area contributed by atoms with E-state index in [1.807, 2.05) is 102 Å². The van der Waals surface area contributed by atoms with Crippen LogP contribution in [0.5, 0.6) is 0 Å². The lowest BCUT2D eigenvalue weighted by molar-refractivity contribution is 1.07. The van der Waals surface area contributed by atoms with Crippen molar-refractivity contribution < 1.29 is 0 Å². The maximum Gasteiger partial charge on any atom is 0.201 e. The number of nitrogens with zero attached hydrogens (tertiary/aromatic N) is 6. The van der Waals surface area contributed by atoms with Gasteiger partial charge in [-0.15, -0.1) is 0 Å².